The number of fused-ring (bicyclic) bond motifs is 1. The Morgan fingerprint density at radius 3 is 2.67 bits per heavy atom. The maximum atomic E-state index is 11.4. The molecule has 0 spiro atoms. The highest BCUT2D eigenvalue weighted by Gasteiger charge is 2.28. The van der Waals surface area contributed by atoms with Crippen LogP contribution in [0.15, 0.2) is 15.4 Å². The first-order valence-electron chi connectivity index (χ1n) is 3.83. The Hall–Kier alpha value is -0.780. The average Bonchev–Trinajstić information content (AvgIpc) is 2.44. The second kappa shape index (κ2) is 3.37. The van der Waals surface area contributed by atoms with Crippen LogP contribution in [0.2, 0.25) is 0 Å². The van der Waals surface area contributed by atoms with Crippen molar-refractivity contribution in [2.75, 3.05) is 0 Å². The van der Waals surface area contributed by atoms with Crippen LogP contribution in [0.25, 0.3) is 5.65 Å². The Bertz CT molecular complexity index is 569. The van der Waals surface area contributed by atoms with Crippen LogP contribution in [0.1, 0.15) is 11.6 Å². The molecule has 0 aliphatic rings. The zero-order chi connectivity index (χ0) is 11.2. The van der Waals surface area contributed by atoms with E-state index in [9.17, 15) is 4.79 Å². The summed E-state index contributed by atoms with van der Waals surface area (Å²) in [7, 11) is 0. The zero-order valence-corrected chi connectivity index (χ0v) is 9.64. The normalized spacial score (nSPS) is 12.3. The maximum absolute atomic E-state index is 11.4. The fourth-order valence-corrected chi connectivity index (χ4v) is 1.32. The summed E-state index contributed by atoms with van der Waals surface area (Å²) < 4.78 is 4.12. The van der Waals surface area contributed by atoms with Crippen LogP contribution < -0.4 is 5.69 Å². The van der Waals surface area contributed by atoms with Crippen molar-refractivity contribution in [1.82, 2.24) is 14.5 Å². The van der Waals surface area contributed by atoms with E-state index in [4.69, 9.17) is 39.3 Å². The average molecular weight is 268 g/mol. The van der Waals surface area contributed by atoms with E-state index in [1.807, 2.05) is 0 Å². The van der Waals surface area contributed by atoms with E-state index in [1.165, 1.54) is 0 Å². The third-order valence-corrected chi connectivity index (χ3v) is 2.13. The van der Waals surface area contributed by atoms with E-state index in [1.54, 1.807) is 13.0 Å². The van der Waals surface area contributed by atoms with Gasteiger partial charge in [-0.1, -0.05) is 34.8 Å². The van der Waals surface area contributed by atoms with Gasteiger partial charge < -0.3 is 4.52 Å². The molecule has 2 aromatic rings. The molecule has 2 heterocycles. The van der Waals surface area contributed by atoms with Gasteiger partial charge in [0.1, 0.15) is 5.76 Å². The monoisotopic (exact) mass is 267 g/mol. The number of halogens is 3. The van der Waals surface area contributed by atoms with E-state index in [0.29, 0.717) is 5.76 Å². The van der Waals surface area contributed by atoms with Crippen LogP contribution in [0.5, 0.6) is 0 Å². The molecule has 2 rings (SSSR count). The summed E-state index contributed by atoms with van der Waals surface area (Å²) in [6.07, 6.45) is 0. The molecule has 0 aliphatic carbocycles. The summed E-state index contributed by atoms with van der Waals surface area (Å²) in [5, 5.41) is 0. The molecule has 0 N–H and O–H groups in total. The van der Waals surface area contributed by atoms with Crippen LogP contribution in [0, 0.1) is 6.92 Å². The van der Waals surface area contributed by atoms with Gasteiger partial charge >= 0.3 is 5.69 Å². The first kappa shape index (κ1) is 10.7. The fraction of sp³-hybridized carbons (Fsp3) is 0.286. The van der Waals surface area contributed by atoms with Crippen molar-refractivity contribution in [3.8, 4) is 0 Å². The molecule has 0 unspecified atom stereocenters. The first-order chi connectivity index (χ1) is 6.88. The molecule has 80 valence electrons. The smallest absolute Gasteiger partial charge is 0.373 e. The van der Waals surface area contributed by atoms with Crippen molar-refractivity contribution in [2.24, 2.45) is 0 Å². The quantitative estimate of drug-likeness (QED) is 0.684. The second-order valence-electron chi connectivity index (χ2n) is 2.83. The van der Waals surface area contributed by atoms with E-state index in [2.05, 4.69) is 9.97 Å². The molecule has 0 radical (unpaired) electrons. The highest BCUT2D eigenvalue weighted by atomic mass is 35.6. The number of alkyl halides is 3. The number of nitrogens with zero attached hydrogens (tertiary/aromatic N) is 3. The Morgan fingerprint density at radius 2 is 2.07 bits per heavy atom. The second-order valence-corrected chi connectivity index (χ2v) is 5.11. The third kappa shape index (κ3) is 1.95. The fourth-order valence-electron chi connectivity index (χ4n) is 1.07. The van der Waals surface area contributed by atoms with E-state index in [-0.39, 0.29) is 11.5 Å². The summed E-state index contributed by atoms with van der Waals surface area (Å²) in [5.41, 5.74) is -0.414. The van der Waals surface area contributed by atoms with Crippen LogP contribution in [-0.4, -0.2) is 14.5 Å². The van der Waals surface area contributed by atoms with Gasteiger partial charge in [0.05, 0.1) is 0 Å². The van der Waals surface area contributed by atoms with Crippen molar-refractivity contribution in [1.29, 1.82) is 0 Å². The molecule has 15 heavy (non-hydrogen) atoms. The lowest BCUT2D eigenvalue weighted by Crippen LogP contribution is -2.22. The summed E-state index contributed by atoms with van der Waals surface area (Å²) in [6.45, 7) is 1.67. The molecule has 0 atom stereocenters. The van der Waals surface area contributed by atoms with Gasteiger partial charge in [-0.15, -0.1) is 4.57 Å². The molecule has 0 fully saturated rings. The van der Waals surface area contributed by atoms with Gasteiger partial charge in [0.25, 0.3) is 0 Å². The summed E-state index contributed by atoms with van der Waals surface area (Å²) >= 11 is 16.7. The molecule has 0 saturated heterocycles. The van der Waals surface area contributed by atoms with Gasteiger partial charge in [0, 0.05) is 6.07 Å². The number of hydrogen-bond donors (Lipinski definition) is 0. The standard InChI is InChI=1S/C7H4Cl3N3O2/c1-3-2-4-11-5(7(8,9)10)12-6(14)13(4)15-3/h2H,1H3. The number of hydrogen-bond acceptors (Lipinski definition) is 4. The Balaban J connectivity index is 2.78. The number of aromatic nitrogens is 3. The molecule has 0 amide bonds. The topological polar surface area (TPSA) is 60.4 Å². The van der Waals surface area contributed by atoms with E-state index >= 15 is 0 Å². The lowest BCUT2D eigenvalue weighted by Gasteiger charge is -2.06. The molecular weight excluding hydrogens is 264 g/mol. The van der Waals surface area contributed by atoms with Crippen LogP contribution in [-0.2, 0) is 3.79 Å². The predicted molar refractivity (Wildman–Crippen MR) is 55.5 cm³/mol. The lowest BCUT2D eigenvalue weighted by atomic mass is 10.5. The van der Waals surface area contributed by atoms with Crippen molar-refractivity contribution < 1.29 is 4.52 Å². The molecule has 5 nitrogen and oxygen atoms in total. The van der Waals surface area contributed by atoms with Crippen molar-refractivity contribution in [2.45, 2.75) is 10.7 Å². The van der Waals surface area contributed by atoms with Crippen molar-refractivity contribution in [3.63, 3.8) is 0 Å². The van der Waals surface area contributed by atoms with Gasteiger partial charge in [0.2, 0.25) is 3.79 Å². The first-order valence-corrected chi connectivity index (χ1v) is 4.96. The minimum atomic E-state index is -1.82. The minimum Gasteiger partial charge on any atom is -0.373 e. The minimum absolute atomic E-state index is 0.168. The number of aryl methyl sites for hydroxylation is 1. The Kier molecular flexibility index (Phi) is 2.41. The van der Waals surface area contributed by atoms with E-state index in [0.717, 1.165) is 4.57 Å². The van der Waals surface area contributed by atoms with Crippen LogP contribution >= 0.6 is 34.8 Å². The van der Waals surface area contributed by atoms with Crippen LogP contribution in [0.3, 0.4) is 0 Å². The third-order valence-electron chi connectivity index (χ3n) is 1.62. The highest BCUT2D eigenvalue weighted by molar-refractivity contribution is 6.66. The molecule has 0 aliphatic heterocycles. The van der Waals surface area contributed by atoms with Gasteiger partial charge in [-0.3, -0.25) is 0 Å². The molecule has 0 bridgehead atoms. The lowest BCUT2D eigenvalue weighted by molar-refractivity contribution is 0.338. The SMILES string of the molecule is Cc1cc2nc(C(Cl)(Cl)Cl)nc(=O)n2o1. The Labute approximate surface area is 98.5 Å². The van der Waals surface area contributed by atoms with Crippen molar-refractivity contribution in [3.05, 3.63) is 28.1 Å². The van der Waals surface area contributed by atoms with Gasteiger partial charge in [0.15, 0.2) is 11.5 Å². The van der Waals surface area contributed by atoms with E-state index < -0.39 is 9.48 Å². The Morgan fingerprint density at radius 1 is 1.40 bits per heavy atom. The molecule has 2 aromatic heterocycles. The van der Waals surface area contributed by atoms with Gasteiger partial charge in [-0.25, -0.2) is 9.78 Å². The molecule has 8 heteroatoms. The van der Waals surface area contributed by atoms with Gasteiger partial charge in [-0.2, -0.15) is 4.98 Å². The molecular formula is C7H4Cl3N3O2. The highest BCUT2D eigenvalue weighted by Crippen LogP contribution is 2.35. The largest absolute Gasteiger partial charge is 0.384 e. The summed E-state index contributed by atoms with van der Waals surface area (Å²) in [6, 6.07) is 1.54. The van der Waals surface area contributed by atoms with Gasteiger partial charge in [-0.05, 0) is 6.92 Å². The van der Waals surface area contributed by atoms with Crippen molar-refractivity contribution >= 4 is 40.4 Å². The van der Waals surface area contributed by atoms with Crippen LogP contribution in [0.4, 0.5) is 0 Å². The maximum Gasteiger partial charge on any atom is 0.384 e. The zero-order valence-electron chi connectivity index (χ0n) is 7.37. The summed E-state index contributed by atoms with van der Waals surface area (Å²) in [4.78, 5) is 18.8. The number of rotatable bonds is 0. The predicted octanol–water partition coefficient (Wildman–Crippen LogP) is 1.82. The molecule has 0 aromatic carbocycles. The molecule has 0 saturated carbocycles. The summed E-state index contributed by atoms with van der Waals surface area (Å²) in [5.74, 6) is 0.348.